The highest BCUT2D eigenvalue weighted by Crippen LogP contribution is 2.15. The van der Waals surface area contributed by atoms with Crippen LogP contribution in [0.4, 0.5) is 0 Å². The summed E-state index contributed by atoms with van der Waals surface area (Å²) in [6, 6.07) is 1.02. The van der Waals surface area contributed by atoms with Crippen molar-refractivity contribution in [2.75, 3.05) is 0 Å². The van der Waals surface area contributed by atoms with E-state index in [1.54, 1.807) is 0 Å². The minimum absolute atomic E-state index is 0.470. The molecular weight excluding hydrogens is 218 g/mol. The maximum Gasteiger partial charge on any atom is 0.0255 e. The second-order valence-electron chi connectivity index (χ2n) is 5.66. The van der Waals surface area contributed by atoms with Crippen molar-refractivity contribution in [3.63, 3.8) is 0 Å². The standard InChI is InChI=1S/C17H31N/c1-8-17(14(4)5)16(7)18-15(6)12-10-9-11-13(2)3/h8-9,14-16,18H,10,12H2,1-7H3/b17-8-/t15?,16-/m1/s1. The zero-order valence-corrected chi connectivity index (χ0v) is 13.3. The van der Waals surface area contributed by atoms with Crippen LogP contribution < -0.4 is 5.32 Å². The first kappa shape index (κ1) is 17.2. The molecule has 0 radical (unpaired) electrons. The van der Waals surface area contributed by atoms with Crippen molar-refractivity contribution in [1.29, 1.82) is 0 Å². The number of hydrogen-bond donors (Lipinski definition) is 1. The van der Waals surface area contributed by atoms with Gasteiger partial charge in [-0.05, 0) is 65.0 Å². The van der Waals surface area contributed by atoms with Crippen LogP contribution in [0.5, 0.6) is 0 Å². The first-order valence-corrected chi connectivity index (χ1v) is 7.19. The van der Waals surface area contributed by atoms with Crippen LogP contribution in [-0.2, 0) is 0 Å². The van der Waals surface area contributed by atoms with Crippen LogP contribution in [0.25, 0.3) is 0 Å². The van der Waals surface area contributed by atoms with Gasteiger partial charge in [0.15, 0.2) is 0 Å². The lowest BCUT2D eigenvalue weighted by atomic mass is 9.95. The third kappa shape index (κ3) is 7.53. The van der Waals surface area contributed by atoms with Crippen molar-refractivity contribution >= 4 is 0 Å². The molecule has 0 aliphatic rings. The van der Waals surface area contributed by atoms with E-state index in [1.807, 2.05) is 0 Å². The molecule has 1 unspecified atom stereocenters. The molecule has 1 nitrogen and oxygen atoms in total. The Morgan fingerprint density at radius 2 is 1.78 bits per heavy atom. The van der Waals surface area contributed by atoms with Crippen LogP contribution >= 0.6 is 0 Å². The van der Waals surface area contributed by atoms with Crippen molar-refractivity contribution in [2.45, 2.75) is 73.4 Å². The van der Waals surface area contributed by atoms with Gasteiger partial charge in [0.05, 0.1) is 0 Å². The molecule has 0 amide bonds. The summed E-state index contributed by atoms with van der Waals surface area (Å²) in [7, 11) is 0. The maximum absolute atomic E-state index is 3.68. The van der Waals surface area contributed by atoms with E-state index >= 15 is 0 Å². The zero-order valence-electron chi connectivity index (χ0n) is 13.3. The van der Waals surface area contributed by atoms with Crippen molar-refractivity contribution < 1.29 is 0 Å². The van der Waals surface area contributed by atoms with Crippen molar-refractivity contribution in [2.24, 2.45) is 5.92 Å². The Kier molecular flexibility index (Phi) is 8.79. The van der Waals surface area contributed by atoms with Crippen molar-refractivity contribution in [3.05, 3.63) is 29.0 Å². The van der Waals surface area contributed by atoms with E-state index in [4.69, 9.17) is 0 Å². The molecule has 0 aromatic heterocycles. The summed E-state index contributed by atoms with van der Waals surface area (Å²) in [5.41, 5.74) is 6.01. The molecule has 0 aliphatic heterocycles. The lowest BCUT2D eigenvalue weighted by Gasteiger charge is -2.24. The average molecular weight is 249 g/mol. The molecule has 0 saturated heterocycles. The fraction of sp³-hybridized carbons (Fsp3) is 0.706. The third-order valence-electron chi connectivity index (χ3n) is 3.17. The second kappa shape index (κ2) is 9.19. The normalized spacial score (nSPS) is 15.2. The monoisotopic (exact) mass is 249 g/mol. The van der Waals surface area contributed by atoms with Gasteiger partial charge in [-0.3, -0.25) is 0 Å². The Morgan fingerprint density at radius 3 is 2.22 bits per heavy atom. The Balaban J connectivity index is 4.16. The van der Waals surface area contributed by atoms with Crippen molar-refractivity contribution in [1.82, 2.24) is 5.32 Å². The first-order valence-electron chi connectivity index (χ1n) is 7.19. The minimum Gasteiger partial charge on any atom is -0.308 e. The van der Waals surface area contributed by atoms with E-state index in [2.05, 4.69) is 71.7 Å². The lowest BCUT2D eigenvalue weighted by molar-refractivity contribution is 0.459. The predicted octanol–water partition coefficient (Wildman–Crippen LogP) is 4.86. The van der Waals surface area contributed by atoms with Crippen LogP contribution in [0.1, 0.15) is 61.3 Å². The average Bonchev–Trinajstić information content (AvgIpc) is 2.24. The molecule has 2 atom stereocenters. The molecule has 1 heteroatoms. The van der Waals surface area contributed by atoms with Gasteiger partial charge >= 0.3 is 0 Å². The van der Waals surface area contributed by atoms with E-state index < -0.39 is 0 Å². The molecule has 0 saturated carbocycles. The van der Waals surface area contributed by atoms with Crippen molar-refractivity contribution in [3.8, 4) is 0 Å². The molecule has 104 valence electrons. The summed E-state index contributed by atoms with van der Waals surface area (Å²) in [4.78, 5) is 0. The Hall–Kier alpha value is -0.780. The van der Waals surface area contributed by atoms with Crippen LogP contribution in [0, 0.1) is 5.92 Å². The first-order chi connectivity index (χ1) is 8.38. The molecular formula is C17H31N. The molecule has 0 aromatic carbocycles. The minimum atomic E-state index is 0.470. The molecule has 1 N–H and O–H groups in total. The highest BCUT2D eigenvalue weighted by molar-refractivity contribution is 5.11. The van der Waals surface area contributed by atoms with Crippen LogP contribution in [0.2, 0.25) is 0 Å². The van der Waals surface area contributed by atoms with Gasteiger partial charge in [0, 0.05) is 12.1 Å². The fourth-order valence-electron chi connectivity index (χ4n) is 2.30. The Labute approximate surface area is 114 Å². The summed E-state index contributed by atoms with van der Waals surface area (Å²) < 4.78 is 0. The summed E-state index contributed by atoms with van der Waals surface area (Å²) in [5, 5.41) is 3.68. The lowest BCUT2D eigenvalue weighted by Crippen LogP contribution is -2.36. The number of allylic oxidation sites excluding steroid dienone is 2. The van der Waals surface area contributed by atoms with Gasteiger partial charge in [0.2, 0.25) is 0 Å². The fourth-order valence-corrected chi connectivity index (χ4v) is 2.30. The molecule has 0 rings (SSSR count). The Bertz CT molecular complexity index is 313. The summed E-state index contributed by atoms with van der Waals surface area (Å²) in [6.07, 6.45) is 6.66. The van der Waals surface area contributed by atoms with Gasteiger partial charge < -0.3 is 5.32 Å². The van der Waals surface area contributed by atoms with Crippen LogP contribution in [0.3, 0.4) is 0 Å². The molecule has 0 aliphatic carbocycles. The van der Waals surface area contributed by atoms with E-state index in [-0.39, 0.29) is 0 Å². The van der Waals surface area contributed by atoms with Gasteiger partial charge in [-0.15, -0.1) is 5.73 Å². The van der Waals surface area contributed by atoms with E-state index in [0.717, 1.165) is 6.42 Å². The molecule has 0 fully saturated rings. The molecule has 0 aromatic rings. The highest BCUT2D eigenvalue weighted by atomic mass is 14.9. The summed E-state index contributed by atoms with van der Waals surface area (Å²) in [6.45, 7) is 15.3. The van der Waals surface area contributed by atoms with Gasteiger partial charge in [-0.1, -0.05) is 25.5 Å². The van der Waals surface area contributed by atoms with Gasteiger partial charge in [0.25, 0.3) is 0 Å². The topological polar surface area (TPSA) is 12.0 Å². The second-order valence-corrected chi connectivity index (χ2v) is 5.66. The molecule has 0 bridgehead atoms. The number of hydrogen-bond acceptors (Lipinski definition) is 1. The Morgan fingerprint density at radius 1 is 1.17 bits per heavy atom. The van der Waals surface area contributed by atoms with Crippen LogP contribution in [0.15, 0.2) is 29.0 Å². The SMILES string of the molecule is C/C=C(/C(C)C)[C@@H](C)NC(C)CCC=C=C(C)C. The number of nitrogens with one attached hydrogen (secondary N) is 1. The summed E-state index contributed by atoms with van der Waals surface area (Å²) in [5.74, 6) is 0.621. The summed E-state index contributed by atoms with van der Waals surface area (Å²) >= 11 is 0. The highest BCUT2D eigenvalue weighted by Gasteiger charge is 2.13. The quantitative estimate of drug-likeness (QED) is 0.502. The van der Waals surface area contributed by atoms with Gasteiger partial charge in [-0.25, -0.2) is 0 Å². The predicted molar refractivity (Wildman–Crippen MR) is 82.8 cm³/mol. The maximum atomic E-state index is 3.68. The molecule has 0 spiro atoms. The van der Waals surface area contributed by atoms with E-state index in [0.29, 0.717) is 18.0 Å². The van der Waals surface area contributed by atoms with Gasteiger partial charge in [0.1, 0.15) is 0 Å². The molecule has 18 heavy (non-hydrogen) atoms. The van der Waals surface area contributed by atoms with Crippen LogP contribution in [-0.4, -0.2) is 12.1 Å². The van der Waals surface area contributed by atoms with Gasteiger partial charge in [-0.2, -0.15) is 0 Å². The molecule has 0 heterocycles. The number of rotatable bonds is 7. The van der Waals surface area contributed by atoms with E-state index in [9.17, 15) is 0 Å². The smallest absolute Gasteiger partial charge is 0.0255 e. The van der Waals surface area contributed by atoms with E-state index in [1.165, 1.54) is 17.6 Å². The largest absolute Gasteiger partial charge is 0.308 e. The zero-order chi connectivity index (χ0) is 14.1. The third-order valence-corrected chi connectivity index (χ3v) is 3.17.